The van der Waals surface area contributed by atoms with Crippen LogP contribution in [0.3, 0.4) is 0 Å². The van der Waals surface area contributed by atoms with E-state index < -0.39 is 31.7 Å². The van der Waals surface area contributed by atoms with Crippen molar-refractivity contribution in [2.75, 3.05) is 9.71 Å². The Morgan fingerprint density at radius 1 is 1.00 bits per heavy atom. The first kappa shape index (κ1) is 23.4. The fourth-order valence-corrected chi connectivity index (χ4v) is 5.31. The monoisotopic (exact) mass is 497 g/mol. The first-order chi connectivity index (χ1) is 17.8. The number of hydrogen-bond acceptors (Lipinski definition) is 7. The van der Waals surface area contributed by atoms with Gasteiger partial charge in [-0.25, -0.2) is 14.3 Å². The van der Waals surface area contributed by atoms with Gasteiger partial charge in [0, 0.05) is 5.69 Å². The molecule has 9 nitrogen and oxygen atoms in total. The van der Waals surface area contributed by atoms with Crippen molar-refractivity contribution < 1.29 is 24.0 Å². The number of anilines is 3. The maximum Gasteiger partial charge on any atom is 0.433 e. The van der Waals surface area contributed by atoms with E-state index in [2.05, 4.69) is 10.1 Å². The van der Waals surface area contributed by atoms with Crippen LogP contribution in [0.2, 0.25) is 13.6 Å². The molecular weight excluding hydrogens is 475 g/mol. The van der Waals surface area contributed by atoms with Crippen molar-refractivity contribution >= 4 is 54.3 Å². The van der Waals surface area contributed by atoms with E-state index in [0.717, 1.165) is 45.9 Å². The summed E-state index contributed by atoms with van der Waals surface area (Å²) in [6, 6.07) is 13.2. The summed E-state index contributed by atoms with van der Waals surface area (Å²) in [5.41, 5.74) is 3.33. The second-order valence-corrected chi connectivity index (χ2v) is 9.33. The maximum absolute atomic E-state index is 15.8. The summed E-state index contributed by atoms with van der Waals surface area (Å²) in [4.78, 5) is 33.0. The minimum Gasteiger partial charge on any atom is -0.432 e. The minimum absolute atomic E-state index is 0.0659. The summed E-state index contributed by atoms with van der Waals surface area (Å²) in [7, 11) is -2.32. The van der Waals surface area contributed by atoms with Gasteiger partial charge in [-0.1, -0.05) is 24.3 Å². The molecule has 2 aliphatic rings. The Labute approximate surface area is 212 Å². The van der Waals surface area contributed by atoms with Gasteiger partial charge >= 0.3 is 14.1 Å². The van der Waals surface area contributed by atoms with Gasteiger partial charge in [0.05, 0.1) is 16.5 Å². The highest BCUT2D eigenvalue weighted by molar-refractivity contribution is 6.56. The molecule has 0 saturated heterocycles. The largest absolute Gasteiger partial charge is 0.433 e. The predicted molar refractivity (Wildman–Crippen MR) is 139 cm³/mol. The van der Waals surface area contributed by atoms with Crippen molar-refractivity contribution in [1.82, 2.24) is 14.7 Å². The molecule has 2 aromatic carbocycles. The fourth-order valence-electron chi connectivity index (χ4n) is 5.31. The molecule has 0 bridgehead atoms. The number of halogens is 1. The highest BCUT2D eigenvalue weighted by Gasteiger charge is 2.40. The second-order valence-electron chi connectivity index (χ2n) is 9.33. The Kier molecular flexibility index (Phi) is 5.39. The minimum atomic E-state index is -1.20. The number of carbonyl (C=O) groups is 2. The summed E-state index contributed by atoms with van der Waals surface area (Å²) < 4.78 is 16.9. The van der Waals surface area contributed by atoms with E-state index in [-0.39, 0.29) is 33.8 Å². The number of benzene rings is 2. The van der Waals surface area contributed by atoms with Crippen molar-refractivity contribution in [3.05, 3.63) is 76.6 Å². The van der Waals surface area contributed by atoms with Crippen molar-refractivity contribution in [2.45, 2.75) is 32.9 Å². The third kappa shape index (κ3) is 3.47. The molecule has 0 radical (unpaired) electrons. The van der Waals surface area contributed by atoms with E-state index >= 15 is 4.39 Å². The number of carbonyl (C=O) groups excluding carboxylic acids is 2. The lowest BCUT2D eigenvalue weighted by atomic mass is 9.83. The first-order valence-electron chi connectivity index (χ1n) is 12.1. The number of pyridine rings is 1. The Morgan fingerprint density at radius 3 is 2.35 bits per heavy atom. The second kappa shape index (κ2) is 8.53. The van der Waals surface area contributed by atoms with Crippen LogP contribution in [-0.4, -0.2) is 50.6 Å². The molecule has 2 amide bonds. The molecule has 2 N–H and O–H groups in total. The molecule has 6 rings (SSSR count). The van der Waals surface area contributed by atoms with Crippen LogP contribution in [-0.2, 0) is 12.8 Å². The molecule has 2 aromatic heterocycles. The van der Waals surface area contributed by atoms with Gasteiger partial charge in [-0.3, -0.25) is 14.2 Å². The number of nitrogens with zero attached hydrogens (tertiary/aromatic N) is 5. The highest BCUT2D eigenvalue weighted by Crippen LogP contribution is 2.39. The Hall–Kier alpha value is -4.02. The van der Waals surface area contributed by atoms with Gasteiger partial charge < -0.3 is 14.9 Å². The molecule has 0 unspecified atom stereocenters. The van der Waals surface area contributed by atoms with E-state index in [1.165, 1.54) is 18.5 Å². The molecule has 0 saturated carbocycles. The van der Waals surface area contributed by atoms with Gasteiger partial charge in [0.2, 0.25) is 0 Å². The fraction of sp³-hybridized carbons (Fsp3) is 0.200. The van der Waals surface area contributed by atoms with Gasteiger partial charge in [0.25, 0.3) is 11.8 Å². The van der Waals surface area contributed by atoms with Crippen molar-refractivity contribution in [3.8, 4) is 0 Å². The summed E-state index contributed by atoms with van der Waals surface area (Å²) in [6.45, 7) is 2.97. The Bertz CT molecular complexity index is 1570. The normalized spacial score (nSPS) is 14.4. The molecule has 1 aliphatic carbocycles. The number of fused-ring (bicyclic) bond motifs is 3. The van der Waals surface area contributed by atoms with Crippen LogP contribution in [0, 0.1) is 5.82 Å². The topological polar surface area (TPSA) is 112 Å². The van der Waals surface area contributed by atoms with Gasteiger partial charge in [-0.15, -0.1) is 0 Å². The van der Waals surface area contributed by atoms with Crippen molar-refractivity contribution in [2.24, 2.45) is 0 Å². The quantitative estimate of drug-likeness (QED) is 0.322. The summed E-state index contributed by atoms with van der Waals surface area (Å²) >= 11 is 0. The Balaban J connectivity index is 1.54. The zero-order valence-electron chi connectivity index (χ0n) is 20.2. The van der Waals surface area contributed by atoms with Crippen LogP contribution >= 0.6 is 0 Å². The standard InChI is InChI=1S/C25H22B2FN5O4/c1-26(36)32(20-12-6-8-14-7-5-11-15(14)20)23-19(28)13-18-21(29-23)33(27(2)37)30-22(18)31-24(34)16-9-3-4-10-17(16)25(31)35/h3-4,6,8-10,12-13,36-37H,5,7,11H2,1-2H3. The highest BCUT2D eigenvalue weighted by atomic mass is 19.1. The SMILES string of the molecule is CB(O)N(c1cccc2c1CCC2)c1nc2c(cc1F)c(N1C(=O)c3ccccc3C1=O)nn2B(C)O. The molecular formula is C25H22B2FN5O4. The van der Waals surface area contributed by atoms with Gasteiger partial charge in [-0.2, -0.15) is 5.10 Å². The zero-order valence-corrected chi connectivity index (χ0v) is 20.2. The molecule has 184 valence electrons. The van der Waals surface area contributed by atoms with Crippen LogP contribution in [0.1, 0.15) is 38.3 Å². The van der Waals surface area contributed by atoms with Gasteiger partial charge in [0.15, 0.2) is 23.1 Å². The number of aryl methyl sites for hydroxylation is 1. The molecule has 0 fully saturated rings. The molecule has 1 aliphatic heterocycles. The summed E-state index contributed by atoms with van der Waals surface area (Å²) in [5, 5.41) is 25.6. The molecule has 4 aromatic rings. The van der Waals surface area contributed by atoms with E-state index in [9.17, 15) is 19.6 Å². The predicted octanol–water partition coefficient (Wildman–Crippen LogP) is 3.07. The summed E-state index contributed by atoms with van der Waals surface area (Å²) in [6.07, 6.45) is 2.67. The number of amides is 2. The van der Waals surface area contributed by atoms with Crippen LogP contribution in [0.15, 0.2) is 48.5 Å². The molecule has 0 spiro atoms. The van der Waals surface area contributed by atoms with E-state index in [1.807, 2.05) is 18.2 Å². The van der Waals surface area contributed by atoms with E-state index in [4.69, 9.17) is 0 Å². The lowest BCUT2D eigenvalue weighted by Crippen LogP contribution is -2.35. The molecule has 0 atom stereocenters. The molecule has 3 heterocycles. The molecule has 37 heavy (non-hydrogen) atoms. The molecule has 12 heteroatoms. The van der Waals surface area contributed by atoms with Gasteiger partial charge in [-0.05, 0) is 68.3 Å². The number of imide groups is 1. The third-order valence-corrected chi connectivity index (χ3v) is 6.94. The van der Waals surface area contributed by atoms with Crippen LogP contribution in [0.5, 0.6) is 0 Å². The van der Waals surface area contributed by atoms with E-state index in [0.29, 0.717) is 5.69 Å². The van der Waals surface area contributed by atoms with Crippen LogP contribution < -0.4 is 9.71 Å². The average molecular weight is 497 g/mol. The van der Waals surface area contributed by atoms with Crippen LogP contribution in [0.4, 0.5) is 21.7 Å². The zero-order chi connectivity index (χ0) is 26.0. The maximum atomic E-state index is 15.8. The lowest BCUT2D eigenvalue weighted by molar-refractivity contribution is 0.0925. The van der Waals surface area contributed by atoms with Crippen molar-refractivity contribution in [3.63, 3.8) is 0 Å². The third-order valence-electron chi connectivity index (χ3n) is 6.94. The number of hydrogen-bond donors (Lipinski definition) is 2. The first-order valence-corrected chi connectivity index (χ1v) is 12.1. The van der Waals surface area contributed by atoms with Crippen molar-refractivity contribution in [1.29, 1.82) is 0 Å². The van der Waals surface area contributed by atoms with Crippen LogP contribution in [0.25, 0.3) is 11.0 Å². The Morgan fingerprint density at radius 2 is 1.70 bits per heavy atom. The van der Waals surface area contributed by atoms with E-state index in [1.54, 1.807) is 24.3 Å². The number of rotatable bonds is 5. The lowest BCUT2D eigenvalue weighted by Gasteiger charge is -2.27. The smallest absolute Gasteiger partial charge is 0.432 e. The summed E-state index contributed by atoms with van der Waals surface area (Å²) in [5.74, 6) is -2.23. The van der Waals surface area contributed by atoms with Gasteiger partial charge in [0.1, 0.15) is 0 Å². The number of aromatic nitrogens is 3. The average Bonchev–Trinajstić information content (AvgIpc) is 3.55.